The summed E-state index contributed by atoms with van der Waals surface area (Å²) in [6.07, 6.45) is 1.68. The summed E-state index contributed by atoms with van der Waals surface area (Å²) in [5, 5.41) is 12.0. The van der Waals surface area contributed by atoms with Crippen molar-refractivity contribution in [3.05, 3.63) is 35.6 Å². The van der Waals surface area contributed by atoms with Gasteiger partial charge in [0.05, 0.1) is 0 Å². The molecule has 0 aliphatic heterocycles. The first kappa shape index (κ1) is 17.4. The Balaban J connectivity index is 2.30. The van der Waals surface area contributed by atoms with Gasteiger partial charge in [-0.3, -0.25) is 0 Å². The van der Waals surface area contributed by atoms with Crippen LogP contribution < -0.4 is 5.32 Å². The van der Waals surface area contributed by atoms with Gasteiger partial charge in [-0.25, -0.2) is 9.18 Å². The Hall–Kier alpha value is -1.62. The molecule has 0 radical (unpaired) electrons. The van der Waals surface area contributed by atoms with Crippen LogP contribution in [-0.2, 0) is 6.54 Å². The summed E-state index contributed by atoms with van der Waals surface area (Å²) in [4.78, 5) is 13.5. The summed E-state index contributed by atoms with van der Waals surface area (Å²) >= 11 is 0. The fourth-order valence-electron chi connectivity index (χ4n) is 1.91. The lowest BCUT2D eigenvalue weighted by Gasteiger charge is -2.22. The quantitative estimate of drug-likeness (QED) is 0.760. The molecule has 118 valence electrons. The number of rotatable bonds is 7. The molecule has 1 rings (SSSR count). The van der Waals surface area contributed by atoms with Crippen LogP contribution in [0.4, 0.5) is 9.18 Å². The average Bonchev–Trinajstić information content (AvgIpc) is 2.45. The molecule has 1 aromatic carbocycles. The Bertz CT molecular complexity index is 446. The van der Waals surface area contributed by atoms with E-state index in [1.54, 1.807) is 24.1 Å². The van der Waals surface area contributed by atoms with E-state index in [-0.39, 0.29) is 23.9 Å². The highest BCUT2D eigenvalue weighted by atomic mass is 19.1. The number of nitrogens with zero attached hydrogens (tertiary/aromatic N) is 1. The van der Waals surface area contributed by atoms with Gasteiger partial charge in [0.15, 0.2) is 0 Å². The van der Waals surface area contributed by atoms with Crippen LogP contribution in [0, 0.1) is 11.2 Å². The van der Waals surface area contributed by atoms with Crippen LogP contribution in [-0.4, -0.2) is 36.2 Å². The first-order valence-electron chi connectivity index (χ1n) is 7.18. The van der Waals surface area contributed by atoms with E-state index in [0.29, 0.717) is 13.1 Å². The molecule has 0 heterocycles. The fourth-order valence-corrected chi connectivity index (χ4v) is 1.91. The predicted octanol–water partition coefficient (Wildman–Crippen LogP) is 2.77. The zero-order valence-electron chi connectivity index (χ0n) is 13.0. The first-order valence-corrected chi connectivity index (χ1v) is 7.18. The van der Waals surface area contributed by atoms with Gasteiger partial charge in [0.2, 0.25) is 0 Å². The minimum atomic E-state index is -0.280. The van der Waals surface area contributed by atoms with Crippen molar-refractivity contribution in [1.82, 2.24) is 10.2 Å². The number of carbonyl (C=O) groups excluding carboxylic acids is 1. The van der Waals surface area contributed by atoms with Crippen molar-refractivity contribution in [2.75, 3.05) is 20.2 Å². The molecule has 0 aromatic heterocycles. The van der Waals surface area contributed by atoms with Gasteiger partial charge in [-0.1, -0.05) is 26.0 Å². The Kier molecular flexibility index (Phi) is 6.62. The number of hydrogen-bond acceptors (Lipinski definition) is 2. The lowest BCUT2D eigenvalue weighted by atomic mass is 9.89. The van der Waals surface area contributed by atoms with Crippen molar-refractivity contribution >= 4 is 6.03 Å². The van der Waals surface area contributed by atoms with E-state index in [0.717, 1.165) is 18.4 Å². The van der Waals surface area contributed by atoms with Crippen molar-refractivity contribution in [1.29, 1.82) is 0 Å². The minimum absolute atomic E-state index is 0.106. The molecular weight excluding hydrogens is 271 g/mol. The standard InChI is InChI=1S/C16H25FN2O2/c1-16(2,12-20)9-4-10-18-15(21)19(3)11-13-5-7-14(17)8-6-13/h5-8,20H,4,9-12H2,1-3H3,(H,18,21). The van der Waals surface area contributed by atoms with Crippen LogP contribution in [0.3, 0.4) is 0 Å². The number of urea groups is 1. The zero-order valence-corrected chi connectivity index (χ0v) is 13.0. The largest absolute Gasteiger partial charge is 0.396 e. The highest BCUT2D eigenvalue weighted by Gasteiger charge is 2.16. The summed E-state index contributed by atoms with van der Waals surface area (Å²) in [5.41, 5.74) is 0.778. The zero-order chi connectivity index (χ0) is 15.9. The molecule has 2 N–H and O–H groups in total. The van der Waals surface area contributed by atoms with E-state index >= 15 is 0 Å². The lowest BCUT2D eigenvalue weighted by molar-refractivity contribution is 0.147. The monoisotopic (exact) mass is 296 g/mol. The first-order chi connectivity index (χ1) is 9.84. The van der Waals surface area contributed by atoms with E-state index in [1.807, 2.05) is 13.8 Å². The summed E-state index contributed by atoms with van der Waals surface area (Å²) in [5.74, 6) is -0.280. The Morgan fingerprint density at radius 1 is 1.33 bits per heavy atom. The minimum Gasteiger partial charge on any atom is -0.396 e. The van der Waals surface area contributed by atoms with Crippen LogP contribution in [0.1, 0.15) is 32.3 Å². The third-order valence-corrected chi connectivity index (χ3v) is 3.41. The van der Waals surface area contributed by atoms with Crippen molar-refractivity contribution in [3.63, 3.8) is 0 Å². The van der Waals surface area contributed by atoms with Crippen molar-refractivity contribution in [2.24, 2.45) is 5.41 Å². The fraction of sp³-hybridized carbons (Fsp3) is 0.562. The smallest absolute Gasteiger partial charge is 0.317 e. The Morgan fingerprint density at radius 3 is 2.52 bits per heavy atom. The van der Waals surface area contributed by atoms with Crippen LogP contribution >= 0.6 is 0 Å². The molecule has 4 nitrogen and oxygen atoms in total. The molecule has 21 heavy (non-hydrogen) atoms. The number of benzene rings is 1. The average molecular weight is 296 g/mol. The molecule has 2 amide bonds. The van der Waals surface area contributed by atoms with Crippen molar-refractivity contribution in [2.45, 2.75) is 33.2 Å². The highest BCUT2D eigenvalue weighted by Crippen LogP contribution is 2.20. The van der Waals surface area contributed by atoms with Gasteiger partial charge < -0.3 is 15.3 Å². The maximum absolute atomic E-state index is 12.8. The maximum atomic E-state index is 12.8. The second kappa shape index (κ2) is 7.98. The van der Waals surface area contributed by atoms with Crippen LogP contribution in [0.15, 0.2) is 24.3 Å². The third kappa shape index (κ3) is 6.58. The molecule has 0 bridgehead atoms. The van der Waals surface area contributed by atoms with Crippen LogP contribution in [0.5, 0.6) is 0 Å². The van der Waals surface area contributed by atoms with E-state index in [4.69, 9.17) is 5.11 Å². The van der Waals surface area contributed by atoms with Crippen molar-refractivity contribution in [3.8, 4) is 0 Å². The molecule has 0 fully saturated rings. The topological polar surface area (TPSA) is 52.6 Å². The van der Waals surface area contributed by atoms with E-state index in [9.17, 15) is 9.18 Å². The molecule has 5 heteroatoms. The number of nitrogens with one attached hydrogen (secondary N) is 1. The number of hydrogen-bond donors (Lipinski definition) is 2. The summed E-state index contributed by atoms with van der Waals surface area (Å²) in [7, 11) is 1.70. The molecule has 0 aliphatic carbocycles. The predicted molar refractivity (Wildman–Crippen MR) is 81.4 cm³/mol. The summed E-state index contributed by atoms with van der Waals surface area (Å²) in [6.45, 7) is 5.15. The molecule has 0 unspecified atom stereocenters. The number of aliphatic hydroxyl groups excluding tert-OH is 1. The molecule has 0 spiro atoms. The van der Waals surface area contributed by atoms with Gasteiger partial charge in [-0.15, -0.1) is 0 Å². The molecule has 0 aliphatic rings. The summed E-state index contributed by atoms with van der Waals surface area (Å²) < 4.78 is 12.8. The maximum Gasteiger partial charge on any atom is 0.317 e. The number of amides is 2. The molecule has 0 atom stereocenters. The Labute approximate surface area is 126 Å². The number of carbonyl (C=O) groups is 1. The molecular formula is C16H25FN2O2. The summed E-state index contributed by atoms with van der Waals surface area (Å²) in [6, 6.07) is 5.96. The van der Waals surface area contributed by atoms with Crippen molar-refractivity contribution < 1.29 is 14.3 Å². The van der Waals surface area contributed by atoms with Gasteiger partial charge in [-0.05, 0) is 36.0 Å². The van der Waals surface area contributed by atoms with Crippen LogP contribution in [0.2, 0.25) is 0 Å². The normalized spacial score (nSPS) is 11.3. The molecule has 0 saturated carbocycles. The SMILES string of the molecule is CN(Cc1ccc(F)cc1)C(=O)NCCCC(C)(C)CO. The van der Waals surface area contributed by atoms with Gasteiger partial charge in [-0.2, -0.15) is 0 Å². The van der Waals surface area contributed by atoms with Crippen LogP contribution in [0.25, 0.3) is 0 Å². The number of aliphatic hydroxyl groups is 1. The molecule has 1 aromatic rings. The second-order valence-corrected chi connectivity index (χ2v) is 6.14. The number of halogens is 1. The van der Waals surface area contributed by atoms with E-state index < -0.39 is 0 Å². The second-order valence-electron chi connectivity index (χ2n) is 6.14. The Morgan fingerprint density at radius 2 is 1.95 bits per heavy atom. The lowest BCUT2D eigenvalue weighted by Crippen LogP contribution is -2.37. The van der Waals surface area contributed by atoms with Gasteiger partial charge in [0.25, 0.3) is 0 Å². The van der Waals surface area contributed by atoms with Gasteiger partial charge in [0.1, 0.15) is 5.82 Å². The van der Waals surface area contributed by atoms with E-state index in [2.05, 4.69) is 5.32 Å². The highest BCUT2D eigenvalue weighted by molar-refractivity contribution is 5.73. The third-order valence-electron chi connectivity index (χ3n) is 3.41. The van der Waals surface area contributed by atoms with Gasteiger partial charge >= 0.3 is 6.03 Å². The van der Waals surface area contributed by atoms with Gasteiger partial charge in [0, 0.05) is 26.7 Å². The van der Waals surface area contributed by atoms with E-state index in [1.165, 1.54) is 12.1 Å². The molecule has 0 saturated heterocycles.